The highest BCUT2D eigenvalue weighted by molar-refractivity contribution is 5.69. The number of aromatic nitrogens is 2. The molecule has 0 atom stereocenters. The van der Waals surface area contributed by atoms with Gasteiger partial charge in [0.05, 0.1) is 4.92 Å². The van der Waals surface area contributed by atoms with E-state index in [1.165, 1.54) is 18.5 Å². The van der Waals surface area contributed by atoms with Crippen LogP contribution < -0.4 is 10.6 Å². The zero-order chi connectivity index (χ0) is 15.2. The second kappa shape index (κ2) is 6.60. The number of anilines is 2. The number of benzene rings is 1. The topological polar surface area (TPSA) is 93.0 Å². The molecule has 0 aliphatic carbocycles. The number of hydrogen-bond donors (Lipinski definition) is 2. The second-order valence-corrected chi connectivity index (χ2v) is 4.19. The van der Waals surface area contributed by atoms with Crippen molar-refractivity contribution in [1.82, 2.24) is 9.97 Å². The predicted molar refractivity (Wildman–Crippen MR) is 76.6 cm³/mol. The van der Waals surface area contributed by atoms with Crippen LogP contribution in [0.5, 0.6) is 0 Å². The molecule has 0 spiro atoms. The molecule has 0 bridgehead atoms. The van der Waals surface area contributed by atoms with E-state index < -0.39 is 4.92 Å². The molecule has 0 amide bonds. The van der Waals surface area contributed by atoms with Crippen molar-refractivity contribution in [2.75, 3.05) is 17.2 Å². The van der Waals surface area contributed by atoms with Crippen molar-refractivity contribution in [3.63, 3.8) is 0 Å². The van der Waals surface area contributed by atoms with E-state index in [0.29, 0.717) is 12.1 Å². The molecule has 0 saturated heterocycles. The molecule has 1 heterocycles. The summed E-state index contributed by atoms with van der Waals surface area (Å²) in [6.45, 7) is 2.54. The van der Waals surface area contributed by atoms with Crippen LogP contribution in [0.1, 0.15) is 12.5 Å². The highest BCUT2D eigenvalue weighted by Gasteiger charge is 2.22. The summed E-state index contributed by atoms with van der Waals surface area (Å²) < 4.78 is 13.1. The molecule has 1 aromatic carbocycles. The third-order valence-corrected chi connectivity index (χ3v) is 2.70. The van der Waals surface area contributed by atoms with E-state index in [0.717, 1.165) is 0 Å². The molecule has 8 heteroatoms. The zero-order valence-electron chi connectivity index (χ0n) is 11.3. The monoisotopic (exact) mass is 291 g/mol. The molecule has 7 nitrogen and oxygen atoms in total. The van der Waals surface area contributed by atoms with Gasteiger partial charge in [0.1, 0.15) is 12.1 Å². The first kappa shape index (κ1) is 14.6. The molecule has 0 aliphatic rings. The van der Waals surface area contributed by atoms with Crippen LogP contribution in [-0.2, 0) is 6.54 Å². The Kier molecular flexibility index (Phi) is 4.60. The Morgan fingerprint density at radius 2 is 2.00 bits per heavy atom. The molecular weight excluding hydrogens is 277 g/mol. The third kappa shape index (κ3) is 3.62. The first-order valence-corrected chi connectivity index (χ1v) is 6.33. The first-order chi connectivity index (χ1) is 10.1. The molecule has 21 heavy (non-hydrogen) atoms. The van der Waals surface area contributed by atoms with E-state index in [4.69, 9.17) is 0 Å². The SMILES string of the molecule is CCNc1ncnc(NCc2cccc(F)c2)c1[N+](=O)[O-]. The summed E-state index contributed by atoms with van der Waals surface area (Å²) in [5, 5.41) is 16.8. The largest absolute Gasteiger partial charge is 0.364 e. The molecule has 0 aliphatic heterocycles. The van der Waals surface area contributed by atoms with Crippen molar-refractivity contribution in [3.8, 4) is 0 Å². The zero-order valence-corrected chi connectivity index (χ0v) is 11.3. The Morgan fingerprint density at radius 1 is 1.29 bits per heavy atom. The van der Waals surface area contributed by atoms with Gasteiger partial charge in [-0.2, -0.15) is 0 Å². The lowest BCUT2D eigenvalue weighted by Gasteiger charge is -2.09. The van der Waals surface area contributed by atoms with Crippen LogP contribution in [-0.4, -0.2) is 21.4 Å². The molecule has 1 aromatic heterocycles. The minimum Gasteiger partial charge on any atom is -0.364 e. The summed E-state index contributed by atoms with van der Waals surface area (Å²) in [6, 6.07) is 5.98. The van der Waals surface area contributed by atoms with Crippen LogP contribution in [0.3, 0.4) is 0 Å². The summed E-state index contributed by atoms with van der Waals surface area (Å²) in [4.78, 5) is 18.4. The van der Waals surface area contributed by atoms with Gasteiger partial charge in [-0.3, -0.25) is 10.1 Å². The lowest BCUT2D eigenvalue weighted by molar-refractivity contribution is -0.383. The van der Waals surface area contributed by atoms with Gasteiger partial charge >= 0.3 is 5.69 Å². The smallest absolute Gasteiger partial charge is 0.353 e. The fraction of sp³-hybridized carbons (Fsp3) is 0.231. The van der Waals surface area contributed by atoms with Gasteiger partial charge in [-0.25, -0.2) is 14.4 Å². The average Bonchev–Trinajstić information content (AvgIpc) is 2.45. The van der Waals surface area contributed by atoms with Crippen LogP contribution in [0, 0.1) is 15.9 Å². The average molecular weight is 291 g/mol. The molecule has 0 unspecified atom stereocenters. The van der Waals surface area contributed by atoms with Gasteiger partial charge in [-0.1, -0.05) is 12.1 Å². The van der Waals surface area contributed by atoms with Crippen molar-refractivity contribution >= 4 is 17.3 Å². The maximum atomic E-state index is 13.1. The summed E-state index contributed by atoms with van der Waals surface area (Å²) in [5.41, 5.74) is 0.434. The minimum atomic E-state index is -0.550. The Bertz CT molecular complexity index is 650. The van der Waals surface area contributed by atoms with Gasteiger partial charge in [0.2, 0.25) is 11.6 Å². The normalized spacial score (nSPS) is 10.2. The fourth-order valence-electron chi connectivity index (χ4n) is 1.81. The maximum Gasteiger partial charge on any atom is 0.353 e. The van der Waals surface area contributed by atoms with Gasteiger partial charge in [-0.15, -0.1) is 0 Å². The van der Waals surface area contributed by atoms with Crippen LogP contribution in [0.15, 0.2) is 30.6 Å². The van der Waals surface area contributed by atoms with Crippen LogP contribution in [0.4, 0.5) is 21.7 Å². The minimum absolute atomic E-state index is 0.0928. The lowest BCUT2D eigenvalue weighted by atomic mass is 10.2. The van der Waals surface area contributed by atoms with Gasteiger partial charge in [0, 0.05) is 13.1 Å². The number of nitrogens with zero attached hydrogens (tertiary/aromatic N) is 3. The summed E-state index contributed by atoms with van der Waals surface area (Å²) >= 11 is 0. The molecular formula is C13H14FN5O2. The molecule has 2 rings (SSSR count). The van der Waals surface area contributed by atoms with Crippen molar-refractivity contribution in [2.24, 2.45) is 0 Å². The maximum absolute atomic E-state index is 13.1. The van der Waals surface area contributed by atoms with Gasteiger partial charge in [0.15, 0.2) is 0 Å². The van der Waals surface area contributed by atoms with Crippen molar-refractivity contribution in [2.45, 2.75) is 13.5 Å². The predicted octanol–water partition coefficient (Wildman–Crippen LogP) is 2.57. The quantitative estimate of drug-likeness (QED) is 0.627. The number of nitro groups is 1. The highest BCUT2D eigenvalue weighted by atomic mass is 19.1. The third-order valence-electron chi connectivity index (χ3n) is 2.70. The molecule has 110 valence electrons. The standard InChI is InChI=1S/C13H14FN5O2/c1-2-15-12-11(19(20)21)13(18-8-17-12)16-7-9-4-3-5-10(14)6-9/h3-6,8H,2,7H2,1H3,(H2,15,16,17,18). The summed E-state index contributed by atoms with van der Waals surface area (Å²) in [6.07, 6.45) is 1.24. The van der Waals surface area contributed by atoms with Crippen LogP contribution >= 0.6 is 0 Å². The molecule has 0 fully saturated rings. The first-order valence-electron chi connectivity index (χ1n) is 6.33. The molecule has 0 radical (unpaired) electrons. The Morgan fingerprint density at radius 3 is 2.62 bits per heavy atom. The van der Waals surface area contributed by atoms with Crippen molar-refractivity contribution in [3.05, 3.63) is 52.1 Å². The van der Waals surface area contributed by atoms with Gasteiger partial charge in [0.25, 0.3) is 0 Å². The fourth-order valence-corrected chi connectivity index (χ4v) is 1.81. The van der Waals surface area contributed by atoms with Crippen LogP contribution in [0.25, 0.3) is 0 Å². The highest BCUT2D eigenvalue weighted by Crippen LogP contribution is 2.28. The summed E-state index contributed by atoms with van der Waals surface area (Å²) in [5.74, 6) is -0.116. The van der Waals surface area contributed by atoms with Gasteiger partial charge in [-0.05, 0) is 24.6 Å². The van der Waals surface area contributed by atoms with E-state index >= 15 is 0 Å². The number of rotatable bonds is 6. The van der Waals surface area contributed by atoms with Crippen molar-refractivity contribution in [1.29, 1.82) is 0 Å². The second-order valence-electron chi connectivity index (χ2n) is 4.19. The Hall–Kier alpha value is -2.77. The molecule has 0 saturated carbocycles. The number of hydrogen-bond acceptors (Lipinski definition) is 6. The van der Waals surface area contributed by atoms with E-state index in [-0.39, 0.29) is 29.7 Å². The van der Waals surface area contributed by atoms with E-state index in [9.17, 15) is 14.5 Å². The molecule has 2 N–H and O–H groups in total. The van der Waals surface area contributed by atoms with E-state index in [2.05, 4.69) is 20.6 Å². The van der Waals surface area contributed by atoms with E-state index in [1.54, 1.807) is 12.1 Å². The Labute approximate surface area is 120 Å². The van der Waals surface area contributed by atoms with Gasteiger partial charge < -0.3 is 10.6 Å². The summed E-state index contributed by atoms with van der Waals surface area (Å²) in [7, 11) is 0. The molecule has 2 aromatic rings. The number of nitrogens with one attached hydrogen (secondary N) is 2. The van der Waals surface area contributed by atoms with Crippen LogP contribution in [0.2, 0.25) is 0 Å². The number of halogens is 1. The van der Waals surface area contributed by atoms with Crippen molar-refractivity contribution < 1.29 is 9.31 Å². The lowest BCUT2D eigenvalue weighted by Crippen LogP contribution is -2.09. The van der Waals surface area contributed by atoms with E-state index in [1.807, 2.05) is 6.92 Å². The Balaban J connectivity index is 2.23.